The fraction of sp³-hybridized carbons (Fsp3) is 0.481. The van der Waals surface area contributed by atoms with Crippen molar-refractivity contribution < 1.29 is 9.59 Å². The molecule has 0 radical (unpaired) electrons. The van der Waals surface area contributed by atoms with Crippen molar-refractivity contribution in [1.29, 1.82) is 0 Å². The van der Waals surface area contributed by atoms with Gasteiger partial charge in [-0.1, -0.05) is 81.2 Å². The van der Waals surface area contributed by atoms with Gasteiger partial charge in [0, 0.05) is 19.0 Å². The second kappa shape index (κ2) is 11.9. The van der Waals surface area contributed by atoms with E-state index >= 15 is 0 Å². The van der Waals surface area contributed by atoms with Gasteiger partial charge in [0.1, 0.15) is 6.04 Å². The summed E-state index contributed by atoms with van der Waals surface area (Å²) in [7, 11) is 0. The molecular formula is C27H36Cl2N2O2. The van der Waals surface area contributed by atoms with E-state index in [1.165, 1.54) is 5.56 Å². The average molecular weight is 492 g/mol. The number of aryl methyl sites for hydroxylation is 1. The maximum atomic E-state index is 13.3. The van der Waals surface area contributed by atoms with Crippen LogP contribution in [-0.2, 0) is 28.0 Å². The molecule has 2 rings (SSSR count). The quantitative estimate of drug-likeness (QED) is 0.432. The highest BCUT2D eigenvalue weighted by Crippen LogP contribution is 2.25. The molecule has 6 heteroatoms. The van der Waals surface area contributed by atoms with Crippen molar-refractivity contribution in [2.75, 3.05) is 0 Å². The number of nitrogens with one attached hydrogen (secondary N) is 1. The number of hydrogen-bond acceptors (Lipinski definition) is 2. The van der Waals surface area contributed by atoms with Crippen molar-refractivity contribution in [2.24, 2.45) is 0 Å². The molecule has 180 valence electrons. The van der Waals surface area contributed by atoms with Gasteiger partial charge in [0.05, 0.1) is 10.0 Å². The van der Waals surface area contributed by atoms with Gasteiger partial charge in [-0.2, -0.15) is 0 Å². The first-order valence-electron chi connectivity index (χ1n) is 11.6. The number of carbonyl (C=O) groups is 2. The van der Waals surface area contributed by atoms with E-state index in [0.29, 0.717) is 22.9 Å². The van der Waals surface area contributed by atoms with Crippen LogP contribution in [0.2, 0.25) is 10.0 Å². The Morgan fingerprint density at radius 2 is 1.58 bits per heavy atom. The van der Waals surface area contributed by atoms with Crippen LogP contribution < -0.4 is 5.32 Å². The third-order valence-electron chi connectivity index (χ3n) is 5.95. The van der Waals surface area contributed by atoms with Crippen LogP contribution >= 0.6 is 23.2 Å². The molecule has 2 aromatic carbocycles. The number of amides is 2. The van der Waals surface area contributed by atoms with E-state index in [4.69, 9.17) is 23.2 Å². The van der Waals surface area contributed by atoms with Crippen LogP contribution in [0.25, 0.3) is 0 Å². The Morgan fingerprint density at radius 3 is 2.12 bits per heavy atom. The Labute approximate surface area is 208 Å². The summed E-state index contributed by atoms with van der Waals surface area (Å²) in [6, 6.07) is 13.1. The van der Waals surface area contributed by atoms with Gasteiger partial charge in [0.25, 0.3) is 0 Å². The topological polar surface area (TPSA) is 49.4 Å². The summed E-state index contributed by atoms with van der Waals surface area (Å²) < 4.78 is 0. The summed E-state index contributed by atoms with van der Waals surface area (Å²) >= 11 is 12.2. The summed E-state index contributed by atoms with van der Waals surface area (Å²) in [4.78, 5) is 27.7. The molecule has 2 atom stereocenters. The van der Waals surface area contributed by atoms with Gasteiger partial charge in [0.2, 0.25) is 11.8 Å². The molecule has 33 heavy (non-hydrogen) atoms. The Bertz CT molecular complexity index is 952. The maximum Gasteiger partial charge on any atom is 0.242 e. The van der Waals surface area contributed by atoms with Crippen molar-refractivity contribution in [3.8, 4) is 0 Å². The summed E-state index contributed by atoms with van der Waals surface area (Å²) in [5.41, 5.74) is 3.27. The summed E-state index contributed by atoms with van der Waals surface area (Å²) in [5.74, 6) is -0.236. The Kier molecular flexibility index (Phi) is 9.81. The number of hydrogen-bond donors (Lipinski definition) is 1. The first kappa shape index (κ1) is 27.2. The molecule has 0 aliphatic heterocycles. The molecule has 1 N–H and O–H groups in total. The van der Waals surface area contributed by atoms with E-state index in [0.717, 1.165) is 17.5 Å². The highest BCUT2D eigenvalue weighted by molar-refractivity contribution is 6.42. The van der Waals surface area contributed by atoms with Crippen LogP contribution in [-0.4, -0.2) is 28.8 Å². The van der Waals surface area contributed by atoms with Crippen molar-refractivity contribution in [2.45, 2.75) is 84.8 Å². The minimum Gasteiger partial charge on any atom is -0.352 e. The van der Waals surface area contributed by atoms with Crippen LogP contribution in [0.4, 0.5) is 0 Å². The monoisotopic (exact) mass is 490 g/mol. The molecule has 0 bridgehead atoms. The van der Waals surface area contributed by atoms with Gasteiger partial charge < -0.3 is 10.2 Å². The molecular weight excluding hydrogens is 455 g/mol. The predicted molar refractivity (Wildman–Crippen MR) is 138 cm³/mol. The lowest BCUT2D eigenvalue weighted by molar-refractivity contribution is -0.140. The number of nitrogens with zero attached hydrogens (tertiary/aromatic N) is 1. The molecule has 0 fully saturated rings. The van der Waals surface area contributed by atoms with Gasteiger partial charge in [-0.3, -0.25) is 9.59 Å². The Hall–Kier alpha value is -2.04. The lowest BCUT2D eigenvalue weighted by Gasteiger charge is -2.30. The van der Waals surface area contributed by atoms with E-state index in [2.05, 4.69) is 50.4 Å². The standard InChI is InChI=1S/C27H36Cl2N2O2/c1-7-18(2)30-26(33)19(3)31(17-21-10-14-23(28)24(29)16-21)25(32)15-11-20-8-12-22(13-9-20)27(4,5)6/h8-10,12-14,16,18-19H,7,11,15,17H2,1-6H3,(H,30,33)/t18-,19-/m1/s1. The maximum absolute atomic E-state index is 13.3. The Balaban J connectivity index is 2.17. The fourth-order valence-corrected chi connectivity index (χ4v) is 3.77. The smallest absolute Gasteiger partial charge is 0.242 e. The average Bonchev–Trinajstić information content (AvgIpc) is 2.77. The summed E-state index contributed by atoms with van der Waals surface area (Å²) in [6.45, 7) is 12.6. The molecule has 4 nitrogen and oxygen atoms in total. The van der Waals surface area contributed by atoms with Crippen molar-refractivity contribution in [3.05, 3.63) is 69.2 Å². The molecule has 0 heterocycles. The van der Waals surface area contributed by atoms with Gasteiger partial charge in [0.15, 0.2) is 0 Å². The largest absolute Gasteiger partial charge is 0.352 e. The molecule has 0 aliphatic rings. The molecule has 0 saturated carbocycles. The van der Waals surface area contributed by atoms with Crippen LogP contribution in [0.3, 0.4) is 0 Å². The minimum absolute atomic E-state index is 0.0446. The zero-order valence-corrected chi connectivity index (χ0v) is 22.1. The summed E-state index contributed by atoms with van der Waals surface area (Å²) in [5, 5.41) is 3.87. The van der Waals surface area contributed by atoms with Gasteiger partial charge in [-0.05, 0) is 60.9 Å². The first-order chi connectivity index (χ1) is 15.4. The second-order valence-corrected chi connectivity index (χ2v) is 10.5. The van der Waals surface area contributed by atoms with E-state index < -0.39 is 6.04 Å². The van der Waals surface area contributed by atoms with E-state index in [-0.39, 0.29) is 29.8 Å². The van der Waals surface area contributed by atoms with Gasteiger partial charge in [-0.15, -0.1) is 0 Å². The predicted octanol–water partition coefficient (Wildman–Crippen LogP) is 6.56. The number of rotatable bonds is 9. The minimum atomic E-state index is -0.607. The van der Waals surface area contributed by atoms with Crippen molar-refractivity contribution >= 4 is 35.0 Å². The van der Waals surface area contributed by atoms with E-state index in [9.17, 15) is 9.59 Å². The highest BCUT2D eigenvalue weighted by Gasteiger charge is 2.26. The lowest BCUT2D eigenvalue weighted by atomic mass is 9.86. The van der Waals surface area contributed by atoms with Gasteiger partial charge >= 0.3 is 0 Å². The van der Waals surface area contributed by atoms with E-state index in [1.54, 1.807) is 24.0 Å². The molecule has 0 spiro atoms. The van der Waals surface area contributed by atoms with Crippen molar-refractivity contribution in [1.82, 2.24) is 10.2 Å². The molecule has 0 aliphatic carbocycles. The summed E-state index contributed by atoms with van der Waals surface area (Å²) in [6.07, 6.45) is 1.75. The lowest BCUT2D eigenvalue weighted by Crippen LogP contribution is -2.49. The molecule has 0 aromatic heterocycles. The highest BCUT2D eigenvalue weighted by atomic mass is 35.5. The zero-order valence-electron chi connectivity index (χ0n) is 20.5. The van der Waals surface area contributed by atoms with Crippen LogP contribution in [0.1, 0.15) is 71.1 Å². The molecule has 2 amide bonds. The second-order valence-electron chi connectivity index (χ2n) is 9.71. The molecule has 0 unspecified atom stereocenters. The first-order valence-corrected chi connectivity index (χ1v) is 12.3. The SMILES string of the molecule is CC[C@@H](C)NC(=O)[C@@H](C)N(Cc1ccc(Cl)c(Cl)c1)C(=O)CCc1ccc(C(C)(C)C)cc1. The van der Waals surface area contributed by atoms with Gasteiger partial charge in [-0.25, -0.2) is 0 Å². The van der Waals surface area contributed by atoms with Crippen LogP contribution in [0.15, 0.2) is 42.5 Å². The molecule has 0 saturated heterocycles. The zero-order chi connectivity index (χ0) is 24.8. The normalized spacial score (nSPS) is 13.3. The Morgan fingerprint density at radius 1 is 0.970 bits per heavy atom. The number of benzene rings is 2. The van der Waals surface area contributed by atoms with Crippen LogP contribution in [0, 0.1) is 0 Å². The van der Waals surface area contributed by atoms with Crippen LogP contribution in [0.5, 0.6) is 0 Å². The number of carbonyl (C=O) groups excluding carboxylic acids is 2. The number of halogens is 2. The van der Waals surface area contributed by atoms with E-state index in [1.807, 2.05) is 19.9 Å². The third kappa shape index (κ3) is 8.04. The molecule has 2 aromatic rings. The fourth-order valence-electron chi connectivity index (χ4n) is 3.45. The third-order valence-corrected chi connectivity index (χ3v) is 6.69. The van der Waals surface area contributed by atoms with Crippen molar-refractivity contribution in [3.63, 3.8) is 0 Å².